The quantitative estimate of drug-likeness (QED) is 0.843. The van der Waals surface area contributed by atoms with Gasteiger partial charge in [0.25, 0.3) is 0 Å². The number of benzene rings is 1. The Kier molecular flexibility index (Phi) is 6.60. The molecule has 1 saturated heterocycles. The average Bonchev–Trinajstić information content (AvgIpc) is 2.61. The van der Waals surface area contributed by atoms with E-state index in [1.807, 2.05) is 31.2 Å². The number of carbonyl (C=O) groups excluding carboxylic acids is 2. The summed E-state index contributed by atoms with van der Waals surface area (Å²) in [6.45, 7) is 4.66. The van der Waals surface area contributed by atoms with Crippen LogP contribution in [0.25, 0.3) is 0 Å². The average molecular weight is 361 g/mol. The van der Waals surface area contributed by atoms with Gasteiger partial charge in [-0.05, 0) is 37.5 Å². The van der Waals surface area contributed by atoms with Crippen molar-refractivity contribution in [1.29, 1.82) is 0 Å². The molecule has 1 aliphatic heterocycles. The summed E-state index contributed by atoms with van der Waals surface area (Å²) in [5, 5.41) is 11.9. The highest BCUT2D eigenvalue weighted by Gasteiger charge is 2.31. The number of hydrogen-bond donors (Lipinski definition) is 2. The van der Waals surface area contributed by atoms with E-state index in [0.717, 1.165) is 17.7 Å². The summed E-state index contributed by atoms with van der Waals surface area (Å²) in [4.78, 5) is 39.2. The molecule has 7 heteroatoms. The van der Waals surface area contributed by atoms with Crippen molar-refractivity contribution in [3.63, 3.8) is 0 Å². The molecule has 1 aliphatic rings. The second-order valence-corrected chi connectivity index (χ2v) is 7.04. The Morgan fingerprint density at radius 1 is 1.38 bits per heavy atom. The predicted octanol–water partition coefficient (Wildman–Crippen LogP) is 2.42. The number of carboxylic acids is 1. The van der Waals surface area contributed by atoms with Crippen molar-refractivity contribution in [2.24, 2.45) is 11.8 Å². The molecule has 2 atom stereocenters. The normalized spacial score (nSPS) is 18.1. The minimum Gasteiger partial charge on any atom is -0.481 e. The molecule has 0 aromatic heterocycles. The van der Waals surface area contributed by atoms with Gasteiger partial charge < -0.3 is 20.2 Å². The van der Waals surface area contributed by atoms with Crippen LogP contribution in [0.2, 0.25) is 0 Å². The van der Waals surface area contributed by atoms with Crippen LogP contribution in [0.5, 0.6) is 0 Å². The number of aliphatic carboxylic acids is 1. The fourth-order valence-electron chi connectivity index (χ4n) is 3.18. The van der Waals surface area contributed by atoms with Crippen LogP contribution in [0.15, 0.2) is 24.3 Å². The highest BCUT2D eigenvalue weighted by atomic mass is 16.4. The third-order valence-electron chi connectivity index (χ3n) is 4.67. The molecule has 1 aromatic carbocycles. The van der Waals surface area contributed by atoms with Gasteiger partial charge in [0, 0.05) is 32.4 Å². The Bertz CT molecular complexity index is 677. The number of nitrogens with zero attached hydrogens (tertiary/aromatic N) is 2. The molecule has 0 aliphatic carbocycles. The van der Waals surface area contributed by atoms with Crippen LogP contribution in [0, 0.1) is 18.8 Å². The largest absolute Gasteiger partial charge is 0.481 e. The predicted molar refractivity (Wildman–Crippen MR) is 98.9 cm³/mol. The third kappa shape index (κ3) is 5.21. The second kappa shape index (κ2) is 8.69. The molecule has 0 radical (unpaired) electrons. The third-order valence-corrected chi connectivity index (χ3v) is 4.67. The number of nitrogens with one attached hydrogen (secondary N) is 1. The van der Waals surface area contributed by atoms with E-state index in [-0.39, 0.29) is 24.4 Å². The van der Waals surface area contributed by atoms with Crippen molar-refractivity contribution >= 4 is 23.6 Å². The van der Waals surface area contributed by atoms with Gasteiger partial charge in [-0.2, -0.15) is 0 Å². The number of rotatable bonds is 5. The summed E-state index contributed by atoms with van der Waals surface area (Å²) in [6, 6.07) is 7.35. The maximum atomic E-state index is 12.6. The zero-order chi connectivity index (χ0) is 19.3. The van der Waals surface area contributed by atoms with Gasteiger partial charge in [0.2, 0.25) is 5.91 Å². The van der Waals surface area contributed by atoms with Gasteiger partial charge >= 0.3 is 12.0 Å². The number of hydrogen-bond acceptors (Lipinski definition) is 3. The Morgan fingerprint density at radius 2 is 2.12 bits per heavy atom. The van der Waals surface area contributed by atoms with E-state index >= 15 is 0 Å². The van der Waals surface area contributed by atoms with Gasteiger partial charge in [0.05, 0.1) is 11.8 Å². The second-order valence-electron chi connectivity index (χ2n) is 7.04. The fourth-order valence-corrected chi connectivity index (χ4v) is 3.18. The highest BCUT2D eigenvalue weighted by Crippen LogP contribution is 2.20. The van der Waals surface area contributed by atoms with E-state index in [2.05, 4.69) is 5.32 Å². The van der Waals surface area contributed by atoms with E-state index in [4.69, 9.17) is 5.11 Å². The lowest BCUT2D eigenvalue weighted by Crippen LogP contribution is -2.48. The molecule has 1 aromatic rings. The number of likely N-dealkylation sites (tertiary alicyclic amines) is 1. The number of carbonyl (C=O) groups is 3. The molecule has 1 fully saturated rings. The lowest BCUT2D eigenvalue weighted by Gasteiger charge is -2.34. The minimum atomic E-state index is -0.924. The number of anilines is 1. The summed E-state index contributed by atoms with van der Waals surface area (Å²) < 4.78 is 0. The number of urea groups is 1. The molecule has 26 heavy (non-hydrogen) atoms. The van der Waals surface area contributed by atoms with Gasteiger partial charge in [-0.15, -0.1) is 0 Å². The number of amides is 3. The first-order valence-corrected chi connectivity index (χ1v) is 8.88. The summed E-state index contributed by atoms with van der Waals surface area (Å²) in [7, 11) is 1.62. The van der Waals surface area contributed by atoms with E-state index in [0.29, 0.717) is 19.5 Å². The first kappa shape index (κ1) is 19.8. The van der Waals surface area contributed by atoms with Gasteiger partial charge in [-0.3, -0.25) is 9.59 Å². The summed E-state index contributed by atoms with van der Waals surface area (Å²) in [6.07, 6.45) is 1.46. The van der Waals surface area contributed by atoms with E-state index < -0.39 is 11.9 Å². The molecule has 2 rings (SSSR count). The smallest absolute Gasteiger partial charge is 0.321 e. The molecular formula is C19H27N3O4. The number of carboxylic acid groups (broad SMARTS) is 1. The van der Waals surface area contributed by atoms with Gasteiger partial charge in [0.1, 0.15) is 0 Å². The number of aryl methyl sites for hydroxylation is 1. The van der Waals surface area contributed by atoms with E-state index in [1.165, 1.54) is 4.90 Å². The molecular weight excluding hydrogens is 334 g/mol. The summed E-state index contributed by atoms with van der Waals surface area (Å²) >= 11 is 0. The Morgan fingerprint density at radius 3 is 2.77 bits per heavy atom. The summed E-state index contributed by atoms with van der Waals surface area (Å²) in [5.74, 6) is -1.94. The highest BCUT2D eigenvalue weighted by molar-refractivity contribution is 5.90. The molecule has 3 amide bonds. The van der Waals surface area contributed by atoms with Crippen LogP contribution in [0.3, 0.4) is 0 Å². The first-order valence-electron chi connectivity index (χ1n) is 8.88. The van der Waals surface area contributed by atoms with Crippen LogP contribution < -0.4 is 5.32 Å². The van der Waals surface area contributed by atoms with Crippen molar-refractivity contribution in [3.8, 4) is 0 Å². The molecule has 1 heterocycles. The fraction of sp³-hybridized carbons (Fsp3) is 0.526. The maximum Gasteiger partial charge on any atom is 0.321 e. The standard InChI is InChI=1S/C19H27N3O4/c1-13-6-4-8-16(10-13)20-19(26)22-9-5-7-15(12-22)17(23)21(3)11-14(2)18(24)25/h4,6,8,10,14-15H,5,7,9,11-12H2,1-3H3,(H,20,26)(H,24,25). The van der Waals surface area contributed by atoms with Gasteiger partial charge in [-0.1, -0.05) is 19.1 Å². The van der Waals surface area contributed by atoms with Crippen LogP contribution in [-0.4, -0.2) is 59.5 Å². The molecule has 2 unspecified atom stereocenters. The van der Waals surface area contributed by atoms with Crippen molar-refractivity contribution in [3.05, 3.63) is 29.8 Å². The number of piperidine rings is 1. The lowest BCUT2D eigenvalue weighted by molar-refractivity contribution is -0.143. The summed E-state index contributed by atoms with van der Waals surface area (Å²) in [5.41, 5.74) is 1.79. The topological polar surface area (TPSA) is 90.0 Å². The lowest BCUT2D eigenvalue weighted by atomic mass is 9.96. The SMILES string of the molecule is Cc1cccc(NC(=O)N2CCCC(C(=O)N(C)CC(C)C(=O)O)C2)c1. The Labute approximate surface area is 154 Å². The molecule has 0 bridgehead atoms. The minimum absolute atomic E-state index is 0.105. The Balaban J connectivity index is 1.94. The molecule has 142 valence electrons. The van der Waals surface area contributed by atoms with Crippen LogP contribution in [0.1, 0.15) is 25.3 Å². The van der Waals surface area contributed by atoms with Crippen molar-refractivity contribution in [2.75, 3.05) is 32.0 Å². The van der Waals surface area contributed by atoms with Crippen LogP contribution in [-0.2, 0) is 9.59 Å². The Hall–Kier alpha value is -2.57. The van der Waals surface area contributed by atoms with Crippen molar-refractivity contribution < 1.29 is 19.5 Å². The van der Waals surface area contributed by atoms with Gasteiger partial charge in [0.15, 0.2) is 0 Å². The monoisotopic (exact) mass is 361 g/mol. The van der Waals surface area contributed by atoms with Crippen molar-refractivity contribution in [1.82, 2.24) is 9.80 Å². The molecule has 0 saturated carbocycles. The van der Waals surface area contributed by atoms with Crippen LogP contribution >= 0.6 is 0 Å². The molecule has 2 N–H and O–H groups in total. The maximum absolute atomic E-state index is 12.6. The van der Waals surface area contributed by atoms with Crippen molar-refractivity contribution in [2.45, 2.75) is 26.7 Å². The molecule has 0 spiro atoms. The van der Waals surface area contributed by atoms with Gasteiger partial charge in [-0.25, -0.2) is 4.79 Å². The zero-order valence-electron chi connectivity index (χ0n) is 15.6. The van der Waals surface area contributed by atoms with E-state index in [1.54, 1.807) is 18.9 Å². The molecule has 7 nitrogen and oxygen atoms in total. The van der Waals surface area contributed by atoms with E-state index in [9.17, 15) is 14.4 Å². The zero-order valence-corrected chi connectivity index (χ0v) is 15.6. The first-order chi connectivity index (χ1) is 12.3. The van der Waals surface area contributed by atoms with Crippen LogP contribution in [0.4, 0.5) is 10.5 Å².